The summed E-state index contributed by atoms with van der Waals surface area (Å²) in [7, 11) is 0. The second-order valence-electron chi connectivity index (χ2n) is 4.76. The molecule has 1 heterocycles. The topological polar surface area (TPSA) is 32.3 Å². The first kappa shape index (κ1) is 14.3. The summed E-state index contributed by atoms with van der Waals surface area (Å²) in [5, 5.41) is 3.03. The normalized spacial score (nSPS) is 19.6. The van der Waals surface area contributed by atoms with Crippen LogP contribution in [0.2, 0.25) is 5.02 Å². The molecule has 2 rings (SSSR count). The molecule has 1 aromatic carbocycles. The second-order valence-corrected chi connectivity index (χ2v) is 5.17. The van der Waals surface area contributed by atoms with Gasteiger partial charge in [-0.2, -0.15) is 0 Å². The predicted octanol–water partition coefficient (Wildman–Crippen LogP) is 2.69. The monoisotopic (exact) mass is 284 g/mol. The predicted molar refractivity (Wildman–Crippen MR) is 74.0 cm³/mol. The lowest BCUT2D eigenvalue weighted by molar-refractivity contribution is 0.0941. The van der Waals surface area contributed by atoms with Gasteiger partial charge >= 0.3 is 0 Å². The van der Waals surface area contributed by atoms with Crippen LogP contribution in [0.4, 0.5) is 4.39 Å². The maximum absolute atomic E-state index is 12.9. The number of amides is 1. The first-order chi connectivity index (χ1) is 9.11. The average molecular weight is 285 g/mol. The molecule has 1 aliphatic rings. The highest BCUT2D eigenvalue weighted by atomic mass is 35.5. The fourth-order valence-electron chi connectivity index (χ4n) is 2.52. The summed E-state index contributed by atoms with van der Waals surface area (Å²) in [5.41, 5.74) is 0.323. The van der Waals surface area contributed by atoms with Crippen molar-refractivity contribution < 1.29 is 9.18 Å². The van der Waals surface area contributed by atoms with Crippen LogP contribution in [0.25, 0.3) is 0 Å². The third kappa shape index (κ3) is 3.45. The van der Waals surface area contributed by atoms with Crippen molar-refractivity contribution in [2.45, 2.75) is 25.8 Å². The minimum atomic E-state index is -0.436. The Hall–Kier alpha value is -1.13. The molecule has 0 aromatic heterocycles. The summed E-state index contributed by atoms with van der Waals surface area (Å²) in [6.45, 7) is 4.82. The smallest absolute Gasteiger partial charge is 0.252 e. The molecule has 1 aromatic rings. The lowest BCUT2D eigenvalue weighted by Crippen LogP contribution is -2.40. The van der Waals surface area contributed by atoms with Gasteiger partial charge in [0.15, 0.2) is 0 Å². The van der Waals surface area contributed by atoms with Crippen molar-refractivity contribution in [1.29, 1.82) is 0 Å². The van der Waals surface area contributed by atoms with Gasteiger partial charge in [0.1, 0.15) is 5.82 Å². The van der Waals surface area contributed by atoms with Crippen molar-refractivity contribution in [2.75, 3.05) is 19.6 Å². The number of likely N-dealkylation sites (N-methyl/N-ethyl adjacent to an activating group) is 1. The summed E-state index contributed by atoms with van der Waals surface area (Å²) in [6.07, 6.45) is 2.27. The van der Waals surface area contributed by atoms with Gasteiger partial charge in [-0.05, 0) is 44.1 Å². The van der Waals surface area contributed by atoms with Gasteiger partial charge in [0.2, 0.25) is 0 Å². The zero-order valence-electron chi connectivity index (χ0n) is 11.0. The van der Waals surface area contributed by atoms with Crippen LogP contribution < -0.4 is 5.32 Å². The van der Waals surface area contributed by atoms with Crippen molar-refractivity contribution in [1.82, 2.24) is 10.2 Å². The number of likely N-dealkylation sites (tertiary alicyclic amines) is 1. The number of benzene rings is 1. The lowest BCUT2D eigenvalue weighted by Gasteiger charge is -2.22. The van der Waals surface area contributed by atoms with Crippen LogP contribution in [0.1, 0.15) is 30.1 Å². The van der Waals surface area contributed by atoms with Crippen LogP contribution >= 0.6 is 11.6 Å². The number of nitrogens with one attached hydrogen (secondary N) is 1. The molecule has 1 N–H and O–H groups in total. The van der Waals surface area contributed by atoms with E-state index in [0.717, 1.165) is 25.6 Å². The van der Waals surface area contributed by atoms with E-state index in [0.29, 0.717) is 18.2 Å². The number of rotatable bonds is 4. The van der Waals surface area contributed by atoms with Gasteiger partial charge in [-0.1, -0.05) is 18.5 Å². The second kappa shape index (κ2) is 6.35. The minimum absolute atomic E-state index is 0.149. The molecule has 1 amide bonds. The molecule has 104 valence electrons. The summed E-state index contributed by atoms with van der Waals surface area (Å²) in [4.78, 5) is 14.3. The van der Waals surface area contributed by atoms with Crippen LogP contribution in [0.5, 0.6) is 0 Å². The van der Waals surface area contributed by atoms with Crippen LogP contribution in [-0.2, 0) is 0 Å². The maximum atomic E-state index is 12.9. The van der Waals surface area contributed by atoms with E-state index in [9.17, 15) is 9.18 Å². The zero-order chi connectivity index (χ0) is 13.8. The zero-order valence-corrected chi connectivity index (χ0v) is 11.7. The third-order valence-corrected chi connectivity index (χ3v) is 3.89. The van der Waals surface area contributed by atoms with E-state index >= 15 is 0 Å². The highest BCUT2D eigenvalue weighted by Crippen LogP contribution is 2.18. The fourth-order valence-corrected chi connectivity index (χ4v) is 2.78. The number of halogens is 2. The van der Waals surface area contributed by atoms with Crippen LogP contribution in [0, 0.1) is 5.82 Å². The Labute approximate surface area is 117 Å². The van der Waals surface area contributed by atoms with Crippen molar-refractivity contribution in [3.05, 3.63) is 34.6 Å². The molecular weight excluding hydrogens is 267 g/mol. The molecule has 1 saturated heterocycles. The van der Waals surface area contributed by atoms with E-state index in [1.165, 1.54) is 18.6 Å². The van der Waals surface area contributed by atoms with E-state index in [4.69, 9.17) is 11.6 Å². The first-order valence-corrected chi connectivity index (χ1v) is 6.97. The summed E-state index contributed by atoms with van der Waals surface area (Å²) >= 11 is 5.86. The van der Waals surface area contributed by atoms with Gasteiger partial charge in [0, 0.05) is 12.6 Å². The van der Waals surface area contributed by atoms with Gasteiger partial charge < -0.3 is 5.32 Å². The van der Waals surface area contributed by atoms with Gasteiger partial charge in [0.25, 0.3) is 5.91 Å². The van der Waals surface area contributed by atoms with Crippen molar-refractivity contribution in [3.63, 3.8) is 0 Å². The molecular formula is C14H18ClFN2O. The van der Waals surface area contributed by atoms with Crippen LogP contribution in [0.15, 0.2) is 18.2 Å². The standard InChI is InChI=1S/C14H18ClFN2O/c1-2-18-7-3-4-11(18)9-17-14(19)12-6-5-10(16)8-13(12)15/h5-6,8,11H,2-4,7,9H2,1H3,(H,17,19)/t11-/m0/s1. The quantitative estimate of drug-likeness (QED) is 0.922. The minimum Gasteiger partial charge on any atom is -0.350 e. The third-order valence-electron chi connectivity index (χ3n) is 3.58. The number of carbonyl (C=O) groups excluding carboxylic acids is 1. The number of hydrogen-bond acceptors (Lipinski definition) is 2. The Kier molecular flexibility index (Phi) is 4.77. The van der Waals surface area contributed by atoms with Crippen molar-refractivity contribution in [2.24, 2.45) is 0 Å². The Morgan fingerprint density at radius 1 is 1.58 bits per heavy atom. The molecule has 5 heteroatoms. The summed E-state index contributed by atoms with van der Waals surface area (Å²) < 4.78 is 12.9. The van der Waals surface area contributed by atoms with Gasteiger partial charge in [-0.3, -0.25) is 9.69 Å². The molecule has 1 atom stereocenters. The number of nitrogens with zero attached hydrogens (tertiary/aromatic N) is 1. The van der Waals surface area contributed by atoms with E-state index in [1.807, 2.05) is 0 Å². The first-order valence-electron chi connectivity index (χ1n) is 6.59. The molecule has 0 radical (unpaired) electrons. The Morgan fingerprint density at radius 2 is 2.37 bits per heavy atom. The Bertz CT molecular complexity index is 467. The van der Waals surface area contributed by atoms with Gasteiger partial charge in [0.05, 0.1) is 10.6 Å². The van der Waals surface area contributed by atoms with Crippen molar-refractivity contribution in [3.8, 4) is 0 Å². The van der Waals surface area contributed by atoms with E-state index < -0.39 is 5.82 Å². The molecule has 1 fully saturated rings. The molecule has 0 spiro atoms. The van der Waals surface area contributed by atoms with E-state index in [2.05, 4.69) is 17.1 Å². The molecule has 0 saturated carbocycles. The molecule has 3 nitrogen and oxygen atoms in total. The van der Waals surface area contributed by atoms with Crippen LogP contribution in [-0.4, -0.2) is 36.5 Å². The molecule has 0 unspecified atom stereocenters. The van der Waals surface area contributed by atoms with Crippen molar-refractivity contribution >= 4 is 17.5 Å². The maximum Gasteiger partial charge on any atom is 0.252 e. The summed E-state index contributed by atoms with van der Waals surface area (Å²) in [5.74, 6) is -0.678. The molecule has 1 aliphatic heterocycles. The van der Waals surface area contributed by atoms with E-state index in [-0.39, 0.29) is 10.9 Å². The highest BCUT2D eigenvalue weighted by Gasteiger charge is 2.23. The van der Waals surface area contributed by atoms with Gasteiger partial charge in [-0.15, -0.1) is 0 Å². The van der Waals surface area contributed by atoms with Gasteiger partial charge in [-0.25, -0.2) is 4.39 Å². The Balaban J connectivity index is 1.94. The molecule has 0 aliphatic carbocycles. The highest BCUT2D eigenvalue weighted by molar-refractivity contribution is 6.33. The SMILES string of the molecule is CCN1CCC[C@H]1CNC(=O)c1ccc(F)cc1Cl. The molecule has 19 heavy (non-hydrogen) atoms. The number of hydrogen-bond donors (Lipinski definition) is 1. The number of carbonyl (C=O) groups is 1. The summed E-state index contributed by atoms with van der Waals surface area (Å²) in [6, 6.07) is 4.21. The lowest BCUT2D eigenvalue weighted by atomic mass is 10.2. The fraction of sp³-hybridized carbons (Fsp3) is 0.500. The molecule has 0 bridgehead atoms. The van der Waals surface area contributed by atoms with E-state index in [1.54, 1.807) is 0 Å². The average Bonchev–Trinajstić information content (AvgIpc) is 2.83. The van der Waals surface area contributed by atoms with Crippen LogP contribution in [0.3, 0.4) is 0 Å². The Morgan fingerprint density at radius 3 is 3.05 bits per heavy atom. The largest absolute Gasteiger partial charge is 0.350 e.